The molecule has 0 spiro atoms. The molecule has 2 aliphatic heterocycles. The molecule has 2 saturated heterocycles. The van der Waals surface area contributed by atoms with Gasteiger partial charge in [-0.1, -0.05) is 0 Å². The lowest BCUT2D eigenvalue weighted by molar-refractivity contribution is -0.125. The van der Waals surface area contributed by atoms with Gasteiger partial charge in [-0.2, -0.15) is 0 Å². The Bertz CT molecular complexity index is 274. The second kappa shape index (κ2) is 4.28. The van der Waals surface area contributed by atoms with E-state index >= 15 is 0 Å². The van der Waals surface area contributed by atoms with Crippen LogP contribution in [0.25, 0.3) is 0 Å². The zero-order valence-corrected chi connectivity index (χ0v) is 8.79. The molecule has 3 atom stereocenters. The van der Waals surface area contributed by atoms with Crippen molar-refractivity contribution in [2.75, 3.05) is 13.2 Å². The van der Waals surface area contributed by atoms with Gasteiger partial charge in [-0.05, 0) is 19.3 Å². The van der Waals surface area contributed by atoms with Crippen molar-refractivity contribution in [1.29, 1.82) is 0 Å². The van der Waals surface area contributed by atoms with Gasteiger partial charge in [0.15, 0.2) is 0 Å². The van der Waals surface area contributed by atoms with Gasteiger partial charge in [0.1, 0.15) is 0 Å². The molecule has 0 radical (unpaired) electrons. The average Bonchev–Trinajstić information content (AvgIpc) is 2.76. The van der Waals surface area contributed by atoms with Crippen LogP contribution in [-0.4, -0.2) is 37.1 Å². The van der Waals surface area contributed by atoms with E-state index in [2.05, 4.69) is 10.6 Å². The van der Waals surface area contributed by atoms with E-state index in [0.717, 1.165) is 19.6 Å². The molecule has 0 aromatic heterocycles. The van der Waals surface area contributed by atoms with Crippen molar-refractivity contribution >= 4 is 11.8 Å². The molecule has 15 heavy (non-hydrogen) atoms. The Kier molecular flexibility index (Phi) is 3.02. The first kappa shape index (κ1) is 10.6. The van der Waals surface area contributed by atoms with Gasteiger partial charge in [0.05, 0.1) is 19.1 Å². The molecule has 2 amide bonds. The maximum Gasteiger partial charge on any atom is 0.244 e. The molecule has 2 N–H and O–H groups in total. The number of rotatable bonds is 3. The van der Waals surface area contributed by atoms with Crippen LogP contribution in [-0.2, 0) is 14.3 Å². The third-order valence-corrected chi connectivity index (χ3v) is 3.10. The van der Waals surface area contributed by atoms with Crippen molar-refractivity contribution in [1.82, 2.24) is 10.6 Å². The lowest BCUT2D eigenvalue weighted by Crippen LogP contribution is -2.44. The average molecular weight is 212 g/mol. The minimum absolute atomic E-state index is 0.188. The summed E-state index contributed by atoms with van der Waals surface area (Å²) in [6, 6.07) is -0.137. The maximum absolute atomic E-state index is 11.3. The summed E-state index contributed by atoms with van der Waals surface area (Å²) in [5.41, 5.74) is 0. The molecule has 0 aliphatic carbocycles. The number of carbonyl (C=O) groups excluding carboxylic acids is 2. The summed E-state index contributed by atoms with van der Waals surface area (Å²) in [7, 11) is 0. The summed E-state index contributed by atoms with van der Waals surface area (Å²) in [6.07, 6.45) is 1.28. The summed E-state index contributed by atoms with van der Waals surface area (Å²) in [5.74, 6) is 0.0617. The summed E-state index contributed by atoms with van der Waals surface area (Å²) in [5, 5.41) is 5.48. The van der Waals surface area contributed by atoms with Gasteiger partial charge in [-0.3, -0.25) is 14.9 Å². The van der Waals surface area contributed by atoms with E-state index in [9.17, 15) is 9.59 Å². The summed E-state index contributed by atoms with van der Waals surface area (Å²) < 4.78 is 5.28. The molecular weight excluding hydrogens is 196 g/mol. The van der Waals surface area contributed by atoms with Gasteiger partial charge in [0.25, 0.3) is 0 Å². The van der Waals surface area contributed by atoms with Gasteiger partial charge in [-0.15, -0.1) is 0 Å². The molecule has 0 bridgehead atoms. The zero-order valence-electron chi connectivity index (χ0n) is 8.79. The van der Waals surface area contributed by atoms with Crippen molar-refractivity contribution in [3.8, 4) is 0 Å². The molecule has 84 valence electrons. The lowest BCUT2D eigenvalue weighted by Gasteiger charge is -2.21. The second-order valence-electron chi connectivity index (χ2n) is 4.25. The van der Waals surface area contributed by atoms with E-state index in [1.54, 1.807) is 0 Å². The highest BCUT2D eigenvalue weighted by atomic mass is 16.5. The van der Waals surface area contributed by atoms with Crippen molar-refractivity contribution in [3.63, 3.8) is 0 Å². The molecule has 3 unspecified atom stereocenters. The molecule has 5 nitrogen and oxygen atoms in total. The number of carbonyl (C=O) groups is 2. The van der Waals surface area contributed by atoms with E-state index in [4.69, 9.17) is 4.74 Å². The minimum Gasteiger partial charge on any atom is -0.381 e. The Balaban J connectivity index is 1.85. The van der Waals surface area contributed by atoms with Gasteiger partial charge in [-0.25, -0.2) is 0 Å². The summed E-state index contributed by atoms with van der Waals surface area (Å²) >= 11 is 0. The van der Waals surface area contributed by atoms with Crippen LogP contribution in [0.2, 0.25) is 0 Å². The van der Waals surface area contributed by atoms with E-state index in [1.165, 1.54) is 0 Å². The first-order chi connectivity index (χ1) is 7.16. The van der Waals surface area contributed by atoms with Gasteiger partial charge in [0, 0.05) is 12.6 Å². The number of nitrogens with one attached hydrogen (secondary N) is 2. The quantitative estimate of drug-likeness (QED) is 0.614. The molecule has 2 aliphatic rings. The van der Waals surface area contributed by atoms with Crippen LogP contribution < -0.4 is 10.6 Å². The van der Waals surface area contributed by atoms with Gasteiger partial charge < -0.3 is 10.1 Å². The smallest absolute Gasteiger partial charge is 0.244 e. The van der Waals surface area contributed by atoms with Crippen molar-refractivity contribution in [3.05, 3.63) is 0 Å². The highest BCUT2D eigenvalue weighted by Crippen LogP contribution is 2.17. The van der Waals surface area contributed by atoms with Crippen LogP contribution >= 0.6 is 0 Å². The van der Waals surface area contributed by atoms with Gasteiger partial charge in [0.2, 0.25) is 11.8 Å². The predicted octanol–water partition coefficient (Wildman–Crippen LogP) is -0.584. The minimum atomic E-state index is -0.354. The van der Waals surface area contributed by atoms with Crippen LogP contribution in [0, 0.1) is 5.92 Å². The third kappa shape index (κ3) is 2.35. The van der Waals surface area contributed by atoms with E-state index < -0.39 is 0 Å². The van der Waals surface area contributed by atoms with Crippen molar-refractivity contribution in [2.45, 2.75) is 31.8 Å². The number of ether oxygens (including phenoxy) is 1. The first-order valence-electron chi connectivity index (χ1n) is 5.34. The second-order valence-corrected chi connectivity index (χ2v) is 4.25. The highest BCUT2D eigenvalue weighted by molar-refractivity contribution is 6.05. The molecule has 2 heterocycles. The summed E-state index contributed by atoms with van der Waals surface area (Å²) in [4.78, 5) is 22.3. The Morgan fingerprint density at radius 3 is 2.87 bits per heavy atom. The Hall–Kier alpha value is -0.940. The molecular formula is C10H16N2O3. The van der Waals surface area contributed by atoms with Crippen LogP contribution in [0.1, 0.15) is 19.8 Å². The fraction of sp³-hybridized carbons (Fsp3) is 0.800. The number of hydrogen-bond acceptors (Lipinski definition) is 4. The molecule has 0 aromatic rings. The SMILES string of the molecule is CC(NC1CC(=O)NC1=O)C1CCOC1. The highest BCUT2D eigenvalue weighted by Gasteiger charge is 2.33. The standard InChI is InChI=1S/C10H16N2O3/c1-6(7-2-3-15-5-7)11-8-4-9(13)12-10(8)14/h6-8,11H,2-5H2,1H3,(H,12,13,14). The Morgan fingerprint density at radius 2 is 2.33 bits per heavy atom. The topological polar surface area (TPSA) is 67.4 Å². The molecule has 0 saturated carbocycles. The van der Waals surface area contributed by atoms with Crippen molar-refractivity contribution < 1.29 is 14.3 Å². The summed E-state index contributed by atoms with van der Waals surface area (Å²) in [6.45, 7) is 3.58. The predicted molar refractivity (Wildman–Crippen MR) is 53.1 cm³/mol. The van der Waals surface area contributed by atoms with Crippen LogP contribution in [0.5, 0.6) is 0 Å². The Labute approximate surface area is 88.5 Å². The Morgan fingerprint density at radius 1 is 1.53 bits per heavy atom. The number of imide groups is 1. The van der Waals surface area contributed by atoms with E-state index in [-0.39, 0.29) is 30.3 Å². The van der Waals surface area contributed by atoms with E-state index in [0.29, 0.717) is 5.92 Å². The molecule has 0 aromatic carbocycles. The van der Waals surface area contributed by atoms with Crippen LogP contribution in [0.15, 0.2) is 0 Å². The first-order valence-corrected chi connectivity index (χ1v) is 5.34. The number of amides is 2. The molecule has 2 rings (SSSR count). The van der Waals surface area contributed by atoms with Crippen LogP contribution in [0.3, 0.4) is 0 Å². The maximum atomic E-state index is 11.3. The zero-order chi connectivity index (χ0) is 10.8. The van der Waals surface area contributed by atoms with Crippen molar-refractivity contribution in [2.24, 2.45) is 5.92 Å². The number of hydrogen-bond donors (Lipinski definition) is 2. The van der Waals surface area contributed by atoms with Crippen LogP contribution in [0.4, 0.5) is 0 Å². The van der Waals surface area contributed by atoms with E-state index in [1.807, 2.05) is 6.92 Å². The molecule has 2 fully saturated rings. The normalized spacial score (nSPS) is 33.1. The fourth-order valence-electron chi connectivity index (χ4n) is 2.09. The third-order valence-electron chi connectivity index (χ3n) is 3.10. The van der Waals surface area contributed by atoms with Gasteiger partial charge >= 0.3 is 0 Å². The fourth-order valence-corrected chi connectivity index (χ4v) is 2.09. The monoisotopic (exact) mass is 212 g/mol. The lowest BCUT2D eigenvalue weighted by atomic mass is 9.99. The molecule has 5 heteroatoms. The largest absolute Gasteiger partial charge is 0.381 e.